The Hall–Kier alpha value is -2.02. The van der Waals surface area contributed by atoms with E-state index in [4.69, 9.17) is 21.1 Å². The van der Waals surface area contributed by atoms with Gasteiger partial charge in [-0.05, 0) is 61.7 Å². The normalized spacial score (nSPS) is 11.7. The first kappa shape index (κ1) is 21.3. The molecule has 0 radical (unpaired) electrons. The molecule has 2 aromatic rings. The molecule has 0 bridgehead atoms. The average molecular weight is 410 g/mol. The van der Waals surface area contributed by atoms with Crippen molar-refractivity contribution in [3.05, 3.63) is 64.0 Å². The summed E-state index contributed by atoms with van der Waals surface area (Å²) in [4.78, 5) is 0. The number of hydrogen-bond donors (Lipinski definition) is 1. The quantitative estimate of drug-likeness (QED) is 0.636. The van der Waals surface area contributed by atoms with Crippen LogP contribution in [0.1, 0.15) is 25.0 Å². The molecule has 7 heteroatoms. The topological polar surface area (TPSA) is 64.6 Å². The first-order chi connectivity index (χ1) is 12.9. The van der Waals surface area contributed by atoms with Crippen molar-refractivity contribution in [1.82, 2.24) is 4.72 Å². The van der Waals surface area contributed by atoms with Crippen molar-refractivity contribution in [3.63, 3.8) is 0 Å². The van der Waals surface area contributed by atoms with Gasteiger partial charge in [-0.1, -0.05) is 29.8 Å². The smallest absolute Gasteiger partial charge is 0.233 e. The van der Waals surface area contributed by atoms with Crippen LogP contribution in [-0.2, 0) is 16.4 Å². The Balaban J connectivity index is 1.94. The van der Waals surface area contributed by atoms with E-state index in [0.717, 1.165) is 16.5 Å². The lowest BCUT2D eigenvalue weighted by Gasteiger charge is -2.12. The average Bonchev–Trinajstić information content (AvgIpc) is 2.64. The summed E-state index contributed by atoms with van der Waals surface area (Å²) in [6.45, 7) is 5.19. The molecule has 27 heavy (non-hydrogen) atoms. The number of benzene rings is 2. The maximum Gasteiger partial charge on any atom is 0.233 e. The standard InChI is InChI=1S/C20H24ClNO4S/c1-3-25-19-10-7-17(15-20(19)26-4-2)11-13-22-27(23,24)14-12-16-5-8-18(21)9-6-16/h5-10,12,14-15,22H,3-4,11,13H2,1-2H3/b14-12+. The molecule has 0 unspecified atom stereocenters. The van der Waals surface area contributed by atoms with Crippen LogP contribution in [0.5, 0.6) is 11.5 Å². The van der Waals surface area contributed by atoms with Crippen LogP contribution in [0.2, 0.25) is 5.02 Å². The Morgan fingerprint density at radius 1 is 1.00 bits per heavy atom. The second-order valence-electron chi connectivity index (χ2n) is 5.69. The van der Waals surface area contributed by atoms with Gasteiger partial charge in [0.15, 0.2) is 11.5 Å². The van der Waals surface area contributed by atoms with E-state index in [9.17, 15) is 8.42 Å². The number of nitrogens with one attached hydrogen (secondary N) is 1. The fourth-order valence-electron chi connectivity index (χ4n) is 2.38. The largest absolute Gasteiger partial charge is 0.490 e. The molecule has 0 aliphatic rings. The summed E-state index contributed by atoms with van der Waals surface area (Å²) in [5.41, 5.74) is 1.73. The zero-order valence-corrected chi connectivity index (χ0v) is 17.0. The molecule has 0 fully saturated rings. The van der Waals surface area contributed by atoms with Crippen LogP contribution in [0.15, 0.2) is 47.9 Å². The van der Waals surface area contributed by atoms with Crippen molar-refractivity contribution in [2.45, 2.75) is 20.3 Å². The molecule has 2 rings (SSSR count). The van der Waals surface area contributed by atoms with Crippen LogP contribution in [0.3, 0.4) is 0 Å². The van der Waals surface area contributed by atoms with E-state index < -0.39 is 10.0 Å². The van der Waals surface area contributed by atoms with E-state index in [1.807, 2.05) is 32.0 Å². The number of ether oxygens (including phenoxy) is 2. The number of sulfonamides is 1. The molecule has 5 nitrogen and oxygen atoms in total. The fraction of sp³-hybridized carbons (Fsp3) is 0.300. The predicted octanol–water partition coefficient (Wildman–Crippen LogP) is 4.27. The van der Waals surface area contributed by atoms with Gasteiger partial charge >= 0.3 is 0 Å². The first-order valence-electron chi connectivity index (χ1n) is 8.75. The molecule has 0 saturated carbocycles. The third kappa shape index (κ3) is 7.25. The Labute approximate surface area is 166 Å². The van der Waals surface area contributed by atoms with Gasteiger partial charge in [-0.15, -0.1) is 0 Å². The second kappa shape index (κ2) is 10.3. The van der Waals surface area contributed by atoms with Gasteiger partial charge in [0, 0.05) is 17.0 Å². The third-order valence-corrected chi connectivity index (χ3v) is 4.99. The highest BCUT2D eigenvalue weighted by molar-refractivity contribution is 7.92. The van der Waals surface area contributed by atoms with Crippen LogP contribution in [-0.4, -0.2) is 28.2 Å². The molecule has 0 atom stereocenters. The van der Waals surface area contributed by atoms with Gasteiger partial charge < -0.3 is 9.47 Å². The number of hydrogen-bond acceptors (Lipinski definition) is 4. The molecular formula is C20H24ClNO4S. The van der Waals surface area contributed by atoms with Gasteiger partial charge in [0.05, 0.1) is 13.2 Å². The Kier molecular flexibility index (Phi) is 8.16. The van der Waals surface area contributed by atoms with Crippen molar-refractivity contribution in [1.29, 1.82) is 0 Å². The number of halogens is 1. The van der Waals surface area contributed by atoms with Crippen molar-refractivity contribution >= 4 is 27.7 Å². The molecule has 2 aromatic carbocycles. The van der Waals surface area contributed by atoms with Gasteiger partial charge in [-0.2, -0.15) is 0 Å². The van der Waals surface area contributed by atoms with Crippen molar-refractivity contribution in [2.75, 3.05) is 19.8 Å². The summed E-state index contributed by atoms with van der Waals surface area (Å²) in [7, 11) is -3.52. The predicted molar refractivity (Wildman–Crippen MR) is 110 cm³/mol. The summed E-state index contributed by atoms with van der Waals surface area (Å²) in [6.07, 6.45) is 2.07. The lowest BCUT2D eigenvalue weighted by atomic mass is 10.1. The Morgan fingerprint density at radius 3 is 2.33 bits per heavy atom. The highest BCUT2D eigenvalue weighted by Gasteiger charge is 2.08. The van der Waals surface area contributed by atoms with E-state index in [0.29, 0.717) is 36.2 Å². The second-order valence-corrected chi connectivity index (χ2v) is 7.78. The minimum absolute atomic E-state index is 0.285. The Morgan fingerprint density at radius 2 is 1.67 bits per heavy atom. The molecular weight excluding hydrogens is 386 g/mol. The molecule has 0 aliphatic heterocycles. The highest BCUT2D eigenvalue weighted by Crippen LogP contribution is 2.28. The lowest BCUT2D eigenvalue weighted by molar-refractivity contribution is 0.287. The van der Waals surface area contributed by atoms with E-state index in [2.05, 4.69) is 4.72 Å². The Bertz CT molecular complexity index is 864. The number of rotatable bonds is 10. The summed E-state index contributed by atoms with van der Waals surface area (Å²) < 4.78 is 37.9. The van der Waals surface area contributed by atoms with Crippen LogP contribution in [0, 0.1) is 0 Å². The van der Waals surface area contributed by atoms with Gasteiger partial charge in [0.25, 0.3) is 0 Å². The maximum absolute atomic E-state index is 12.1. The summed E-state index contributed by atoms with van der Waals surface area (Å²) in [6, 6.07) is 12.6. The van der Waals surface area contributed by atoms with Crippen LogP contribution in [0.4, 0.5) is 0 Å². The molecule has 0 saturated heterocycles. The van der Waals surface area contributed by atoms with E-state index in [-0.39, 0.29) is 6.54 Å². The SMILES string of the molecule is CCOc1ccc(CCNS(=O)(=O)/C=C/c2ccc(Cl)cc2)cc1OCC. The minimum atomic E-state index is -3.52. The van der Waals surface area contributed by atoms with E-state index >= 15 is 0 Å². The van der Waals surface area contributed by atoms with Crippen molar-refractivity contribution < 1.29 is 17.9 Å². The molecule has 1 N–H and O–H groups in total. The minimum Gasteiger partial charge on any atom is -0.490 e. The third-order valence-electron chi connectivity index (χ3n) is 3.63. The maximum atomic E-state index is 12.1. The zero-order chi connectivity index (χ0) is 19.7. The summed E-state index contributed by atoms with van der Waals surface area (Å²) in [5.74, 6) is 1.36. The van der Waals surface area contributed by atoms with Crippen LogP contribution < -0.4 is 14.2 Å². The van der Waals surface area contributed by atoms with E-state index in [1.54, 1.807) is 24.3 Å². The molecule has 0 aromatic heterocycles. The summed E-state index contributed by atoms with van der Waals surface area (Å²) in [5, 5.41) is 1.76. The van der Waals surface area contributed by atoms with Crippen molar-refractivity contribution in [2.24, 2.45) is 0 Å². The summed E-state index contributed by atoms with van der Waals surface area (Å²) >= 11 is 5.82. The van der Waals surface area contributed by atoms with Gasteiger partial charge in [-0.3, -0.25) is 0 Å². The van der Waals surface area contributed by atoms with Crippen LogP contribution >= 0.6 is 11.6 Å². The molecule has 0 amide bonds. The lowest BCUT2D eigenvalue weighted by Crippen LogP contribution is -2.23. The highest BCUT2D eigenvalue weighted by atomic mass is 35.5. The molecule has 146 valence electrons. The fourth-order valence-corrected chi connectivity index (χ4v) is 3.32. The van der Waals surface area contributed by atoms with Gasteiger partial charge in [0.1, 0.15) is 0 Å². The molecule has 0 aliphatic carbocycles. The van der Waals surface area contributed by atoms with E-state index in [1.165, 1.54) is 6.08 Å². The van der Waals surface area contributed by atoms with Gasteiger partial charge in [0.2, 0.25) is 10.0 Å². The zero-order valence-electron chi connectivity index (χ0n) is 15.4. The van der Waals surface area contributed by atoms with Crippen LogP contribution in [0.25, 0.3) is 6.08 Å². The molecule has 0 spiro atoms. The van der Waals surface area contributed by atoms with Crippen molar-refractivity contribution in [3.8, 4) is 11.5 Å². The monoisotopic (exact) mass is 409 g/mol. The first-order valence-corrected chi connectivity index (χ1v) is 10.7. The van der Waals surface area contributed by atoms with Gasteiger partial charge in [-0.25, -0.2) is 13.1 Å². The molecule has 0 heterocycles.